The van der Waals surface area contributed by atoms with E-state index in [0.717, 1.165) is 0 Å². The predicted molar refractivity (Wildman–Crippen MR) is 49.0 cm³/mol. The van der Waals surface area contributed by atoms with Gasteiger partial charge in [-0.3, -0.25) is 4.79 Å². The van der Waals surface area contributed by atoms with Gasteiger partial charge in [-0.15, -0.1) is 0 Å². The first-order valence-corrected chi connectivity index (χ1v) is 4.29. The van der Waals surface area contributed by atoms with Crippen molar-refractivity contribution < 1.29 is 4.79 Å². The zero-order valence-electron chi connectivity index (χ0n) is 5.95. The van der Waals surface area contributed by atoms with Crippen LogP contribution in [0.3, 0.4) is 0 Å². The third-order valence-corrected chi connectivity index (χ3v) is 1.98. The number of halogens is 1. The van der Waals surface area contributed by atoms with Gasteiger partial charge in [0.1, 0.15) is 5.40 Å². The highest BCUT2D eigenvalue weighted by Gasteiger charge is 2.04. The molecule has 0 aliphatic rings. The van der Waals surface area contributed by atoms with E-state index in [9.17, 15) is 4.79 Å². The topological polar surface area (TPSA) is 40.9 Å². The predicted octanol–water partition coefficient (Wildman–Crippen LogP) is 2.69. The highest BCUT2D eigenvalue weighted by atomic mass is 35.5. The molecule has 0 spiro atoms. The number of benzene rings is 1. The lowest BCUT2D eigenvalue weighted by molar-refractivity contribution is 0.109. The minimum atomic E-state index is -0.255. The number of rotatable bonds is 1. The summed E-state index contributed by atoms with van der Waals surface area (Å²) in [4.78, 5) is 11.1. The van der Waals surface area contributed by atoms with Crippen molar-refractivity contribution in [1.29, 1.82) is 5.26 Å². The molecule has 12 heavy (non-hydrogen) atoms. The van der Waals surface area contributed by atoms with Crippen LogP contribution in [-0.2, 0) is 0 Å². The molecule has 0 aromatic heterocycles. The molecule has 0 aliphatic carbocycles. The minimum Gasteiger partial charge on any atom is -0.280 e. The maximum atomic E-state index is 11.1. The molecule has 0 bridgehead atoms. The summed E-state index contributed by atoms with van der Waals surface area (Å²) in [5.41, 5.74) is 0.492. The monoisotopic (exact) mass is 197 g/mol. The number of nitriles is 1. The van der Waals surface area contributed by atoms with Crippen molar-refractivity contribution in [1.82, 2.24) is 0 Å². The molecule has 60 valence electrons. The van der Waals surface area contributed by atoms with Crippen LogP contribution >= 0.6 is 23.4 Å². The molecule has 0 radical (unpaired) electrons. The molecule has 0 N–H and O–H groups in total. The molecule has 1 aromatic carbocycles. The summed E-state index contributed by atoms with van der Waals surface area (Å²) < 4.78 is 0. The Morgan fingerprint density at radius 2 is 2.00 bits per heavy atom. The average Bonchev–Trinajstić information content (AvgIpc) is 2.06. The fourth-order valence-corrected chi connectivity index (χ4v) is 1.15. The van der Waals surface area contributed by atoms with Gasteiger partial charge in [0.2, 0.25) is 5.12 Å². The quantitative estimate of drug-likeness (QED) is 0.650. The second-order valence-corrected chi connectivity index (χ2v) is 3.18. The second-order valence-electron chi connectivity index (χ2n) is 1.99. The van der Waals surface area contributed by atoms with Gasteiger partial charge in [0, 0.05) is 22.3 Å². The molecule has 0 saturated heterocycles. The average molecular weight is 198 g/mol. The van der Waals surface area contributed by atoms with Gasteiger partial charge in [-0.05, 0) is 24.3 Å². The van der Waals surface area contributed by atoms with Gasteiger partial charge < -0.3 is 0 Å². The molecule has 1 rings (SSSR count). The summed E-state index contributed by atoms with van der Waals surface area (Å²) in [7, 11) is 0. The summed E-state index contributed by atoms with van der Waals surface area (Å²) in [6.07, 6.45) is 0. The number of carbonyl (C=O) groups is 1. The summed E-state index contributed by atoms with van der Waals surface area (Å²) in [6, 6.07) is 6.42. The standard InChI is InChI=1S/C8H4ClNOS/c9-7-3-1-6(2-4-7)8(11)12-5-10/h1-4H. The SMILES string of the molecule is N#CSC(=O)c1ccc(Cl)cc1. The maximum Gasteiger partial charge on any atom is 0.233 e. The lowest BCUT2D eigenvalue weighted by atomic mass is 10.2. The normalized spacial score (nSPS) is 9.00. The molecule has 0 amide bonds. The Labute approximate surface area is 79.1 Å². The lowest BCUT2D eigenvalue weighted by Gasteiger charge is -1.94. The Bertz CT molecular complexity index is 328. The number of thioether (sulfide) groups is 1. The second kappa shape index (κ2) is 4.15. The van der Waals surface area contributed by atoms with Crippen LogP contribution in [0.4, 0.5) is 0 Å². The van der Waals surface area contributed by atoms with Gasteiger partial charge in [-0.1, -0.05) is 11.6 Å². The third-order valence-electron chi connectivity index (χ3n) is 1.22. The van der Waals surface area contributed by atoms with Crippen molar-refractivity contribution in [3.05, 3.63) is 34.9 Å². The zero-order chi connectivity index (χ0) is 8.97. The van der Waals surface area contributed by atoms with Gasteiger partial charge in [-0.2, -0.15) is 5.26 Å². The van der Waals surface area contributed by atoms with E-state index in [1.165, 1.54) is 0 Å². The lowest BCUT2D eigenvalue weighted by Crippen LogP contribution is -1.89. The molecule has 0 fully saturated rings. The summed E-state index contributed by atoms with van der Waals surface area (Å²) >= 11 is 6.22. The first-order valence-electron chi connectivity index (χ1n) is 3.10. The van der Waals surface area contributed by atoms with Crippen molar-refractivity contribution in [2.24, 2.45) is 0 Å². The van der Waals surface area contributed by atoms with Crippen molar-refractivity contribution >= 4 is 28.5 Å². The molecule has 2 nitrogen and oxygen atoms in total. The third kappa shape index (κ3) is 2.26. The maximum absolute atomic E-state index is 11.1. The van der Waals surface area contributed by atoms with Crippen molar-refractivity contribution in [2.75, 3.05) is 0 Å². The van der Waals surface area contributed by atoms with Gasteiger partial charge in [0.25, 0.3) is 0 Å². The number of carbonyl (C=O) groups excluding carboxylic acids is 1. The Hall–Kier alpha value is -0.980. The van der Waals surface area contributed by atoms with Crippen LogP contribution in [0.2, 0.25) is 5.02 Å². The van der Waals surface area contributed by atoms with Crippen molar-refractivity contribution in [2.45, 2.75) is 0 Å². The molecular formula is C8H4ClNOS. The van der Waals surface area contributed by atoms with E-state index < -0.39 is 0 Å². The Kier molecular flexibility index (Phi) is 3.15. The number of thiocyanates is 1. The van der Waals surface area contributed by atoms with Gasteiger partial charge in [0.15, 0.2) is 0 Å². The van der Waals surface area contributed by atoms with E-state index in [2.05, 4.69) is 0 Å². The van der Waals surface area contributed by atoms with E-state index in [1.54, 1.807) is 29.7 Å². The Morgan fingerprint density at radius 1 is 1.42 bits per heavy atom. The Balaban J connectivity index is 2.84. The first kappa shape index (κ1) is 9.11. The fourth-order valence-electron chi connectivity index (χ4n) is 0.686. The van der Waals surface area contributed by atoms with Crippen LogP contribution in [0.15, 0.2) is 24.3 Å². The van der Waals surface area contributed by atoms with Gasteiger partial charge in [0.05, 0.1) is 0 Å². The summed E-state index contributed by atoms with van der Waals surface area (Å²) in [5.74, 6) is 0. The van der Waals surface area contributed by atoms with Crippen molar-refractivity contribution in [3.8, 4) is 5.40 Å². The van der Waals surface area contributed by atoms with Gasteiger partial charge in [-0.25, -0.2) is 0 Å². The molecule has 0 unspecified atom stereocenters. The van der Waals surface area contributed by atoms with E-state index in [-0.39, 0.29) is 5.12 Å². The van der Waals surface area contributed by atoms with Crippen molar-refractivity contribution in [3.63, 3.8) is 0 Å². The summed E-state index contributed by atoms with van der Waals surface area (Å²) in [5, 5.41) is 10.3. The molecular weight excluding hydrogens is 194 g/mol. The highest BCUT2D eigenvalue weighted by molar-refractivity contribution is 8.18. The first-order chi connectivity index (χ1) is 5.74. The van der Waals surface area contributed by atoms with Gasteiger partial charge >= 0.3 is 0 Å². The smallest absolute Gasteiger partial charge is 0.233 e. The van der Waals surface area contributed by atoms with E-state index in [4.69, 9.17) is 16.9 Å². The van der Waals surface area contributed by atoms with E-state index in [0.29, 0.717) is 22.3 Å². The van der Waals surface area contributed by atoms with Crippen LogP contribution in [0, 0.1) is 10.7 Å². The number of hydrogen-bond acceptors (Lipinski definition) is 3. The van der Waals surface area contributed by atoms with Crippen LogP contribution in [0.5, 0.6) is 0 Å². The highest BCUT2D eigenvalue weighted by Crippen LogP contribution is 2.14. The number of hydrogen-bond donors (Lipinski definition) is 0. The largest absolute Gasteiger partial charge is 0.280 e. The minimum absolute atomic E-state index is 0.255. The zero-order valence-corrected chi connectivity index (χ0v) is 7.52. The van der Waals surface area contributed by atoms with Crippen LogP contribution in [-0.4, -0.2) is 5.12 Å². The molecule has 0 heterocycles. The van der Waals surface area contributed by atoms with Crippen LogP contribution < -0.4 is 0 Å². The van der Waals surface area contributed by atoms with Crippen LogP contribution in [0.25, 0.3) is 0 Å². The summed E-state index contributed by atoms with van der Waals surface area (Å²) in [6.45, 7) is 0. The molecule has 0 saturated carbocycles. The number of nitrogens with zero attached hydrogens (tertiary/aromatic N) is 1. The molecule has 0 atom stereocenters. The molecule has 4 heteroatoms. The van der Waals surface area contributed by atoms with Crippen LogP contribution in [0.1, 0.15) is 10.4 Å². The van der Waals surface area contributed by atoms with E-state index >= 15 is 0 Å². The van der Waals surface area contributed by atoms with E-state index in [1.807, 2.05) is 0 Å². The molecule has 0 aliphatic heterocycles. The fraction of sp³-hybridized carbons (Fsp3) is 0. The Morgan fingerprint density at radius 3 is 2.50 bits per heavy atom. The molecule has 1 aromatic rings.